The van der Waals surface area contributed by atoms with Crippen molar-refractivity contribution in [1.29, 1.82) is 0 Å². The Morgan fingerprint density at radius 2 is 1.04 bits per heavy atom. The van der Waals surface area contributed by atoms with E-state index < -0.39 is 5.41 Å². The molecule has 240 valence electrons. The van der Waals surface area contributed by atoms with Crippen molar-refractivity contribution < 1.29 is 4.42 Å². The molecule has 0 N–H and O–H groups in total. The Kier molecular flexibility index (Phi) is 5.43. The van der Waals surface area contributed by atoms with Crippen molar-refractivity contribution >= 4 is 43.6 Å². The molecule has 3 nitrogen and oxygen atoms in total. The zero-order valence-corrected chi connectivity index (χ0v) is 28.0. The van der Waals surface area contributed by atoms with Crippen LogP contribution in [0.1, 0.15) is 22.3 Å². The second kappa shape index (κ2) is 10.1. The lowest BCUT2D eigenvalue weighted by molar-refractivity contribution is 0.673. The number of aromatic nitrogens is 2. The van der Waals surface area contributed by atoms with Gasteiger partial charge in [-0.05, 0) is 74.2 Å². The fraction of sp³-hybridized carbons (Fsp3) is 0.0204. The van der Waals surface area contributed by atoms with Gasteiger partial charge in [0.15, 0.2) is 5.82 Å². The van der Waals surface area contributed by atoms with Crippen molar-refractivity contribution in [3.8, 4) is 44.9 Å². The first-order valence-corrected chi connectivity index (χ1v) is 17.8. The summed E-state index contributed by atoms with van der Waals surface area (Å²) in [5.74, 6) is 0.697. The lowest BCUT2D eigenvalue weighted by atomic mass is 9.70. The van der Waals surface area contributed by atoms with Crippen LogP contribution in [-0.2, 0) is 5.41 Å². The minimum absolute atomic E-state index is 0.441. The van der Waals surface area contributed by atoms with Gasteiger partial charge in [0.2, 0.25) is 0 Å². The van der Waals surface area contributed by atoms with Gasteiger partial charge in [-0.1, -0.05) is 146 Å². The first-order valence-electron chi connectivity index (χ1n) is 17.8. The van der Waals surface area contributed by atoms with Gasteiger partial charge in [0.1, 0.15) is 11.2 Å². The maximum Gasteiger partial charge on any atom is 0.160 e. The van der Waals surface area contributed by atoms with Crippen LogP contribution in [0.15, 0.2) is 174 Å². The van der Waals surface area contributed by atoms with E-state index in [1.807, 2.05) is 0 Å². The second-order valence-electron chi connectivity index (χ2n) is 14.0. The first kappa shape index (κ1) is 27.9. The molecule has 0 aliphatic heterocycles. The number of benzene rings is 8. The van der Waals surface area contributed by atoms with Gasteiger partial charge < -0.3 is 4.42 Å². The summed E-state index contributed by atoms with van der Waals surface area (Å²) in [6.07, 6.45) is 0. The summed E-state index contributed by atoms with van der Waals surface area (Å²) in [6, 6.07) is 61.1. The van der Waals surface area contributed by atoms with E-state index in [9.17, 15) is 0 Å². The van der Waals surface area contributed by atoms with Crippen LogP contribution in [0.3, 0.4) is 0 Å². The van der Waals surface area contributed by atoms with Gasteiger partial charge >= 0.3 is 0 Å². The van der Waals surface area contributed by atoms with Gasteiger partial charge in [0.05, 0.1) is 22.0 Å². The molecule has 0 fully saturated rings. The summed E-state index contributed by atoms with van der Waals surface area (Å²) < 4.78 is 6.63. The molecule has 0 atom stereocenters. The Labute approximate surface area is 299 Å². The third-order valence-corrected chi connectivity index (χ3v) is 11.5. The number of rotatable bonds is 2. The SMILES string of the molecule is c1ccc(-c2nc(-c3ccc4c(c3)C3(c5ccccc5-c5ccccc53)c3ccccc3-4)nc3c2ccc2oc4c5ccccc5ccc4c23)cc1. The Morgan fingerprint density at radius 3 is 1.77 bits per heavy atom. The predicted octanol–water partition coefficient (Wildman–Crippen LogP) is 12.4. The molecule has 0 saturated carbocycles. The van der Waals surface area contributed by atoms with Crippen LogP contribution in [0.4, 0.5) is 0 Å². The molecule has 10 aromatic rings. The third kappa shape index (κ3) is 3.49. The number of furan rings is 1. The molecule has 3 heteroatoms. The molecule has 0 saturated heterocycles. The van der Waals surface area contributed by atoms with E-state index in [2.05, 4.69) is 170 Å². The average molecular weight is 661 g/mol. The molecule has 0 unspecified atom stereocenters. The van der Waals surface area contributed by atoms with Gasteiger partial charge in [0, 0.05) is 27.3 Å². The van der Waals surface area contributed by atoms with Crippen LogP contribution in [0.25, 0.3) is 88.5 Å². The predicted molar refractivity (Wildman–Crippen MR) is 211 cm³/mol. The number of hydrogen-bond acceptors (Lipinski definition) is 3. The molecule has 52 heavy (non-hydrogen) atoms. The van der Waals surface area contributed by atoms with Crippen LogP contribution in [0.5, 0.6) is 0 Å². The lowest BCUT2D eigenvalue weighted by Gasteiger charge is -2.30. The van der Waals surface area contributed by atoms with E-state index in [1.165, 1.54) is 44.5 Å². The monoisotopic (exact) mass is 660 g/mol. The molecule has 2 aliphatic carbocycles. The van der Waals surface area contributed by atoms with E-state index in [1.54, 1.807) is 0 Å². The third-order valence-electron chi connectivity index (χ3n) is 11.5. The fourth-order valence-electron chi connectivity index (χ4n) is 9.36. The minimum atomic E-state index is -0.441. The van der Waals surface area contributed by atoms with Crippen molar-refractivity contribution in [1.82, 2.24) is 9.97 Å². The molecule has 12 rings (SSSR count). The zero-order chi connectivity index (χ0) is 34.0. The van der Waals surface area contributed by atoms with E-state index in [-0.39, 0.29) is 0 Å². The van der Waals surface area contributed by atoms with Gasteiger partial charge in [-0.3, -0.25) is 0 Å². The van der Waals surface area contributed by atoms with E-state index in [0.717, 1.165) is 60.4 Å². The molecular weight excluding hydrogens is 633 g/mol. The topological polar surface area (TPSA) is 38.9 Å². The normalized spacial score (nSPS) is 13.5. The minimum Gasteiger partial charge on any atom is -0.455 e. The molecule has 0 amide bonds. The molecule has 0 bridgehead atoms. The molecule has 0 radical (unpaired) electrons. The summed E-state index contributed by atoms with van der Waals surface area (Å²) in [7, 11) is 0. The van der Waals surface area contributed by atoms with Crippen LogP contribution in [0, 0.1) is 0 Å². The Morgan fingerprint density at radius 1 is 0.423 bits per heavy atom. The van der Waals surface area contributed by atoms with Crippen LogP contribution in [-0.4, -0.2) is 9.97 Å². The van der Waals surface area contributed by atoms with Gasteiger partial charge in [-0.2, -0.15) is 0 Å². The van der Waals surface area contributed by atoms with E-state index in [4.69, 9.17) is 14.4 Å². The molecule has 2 aromatic heterocycles. The Balaban J connectivity index is 1.18. The number of fused-ring (bicyclic) bond motifs is 17. The smallest absolute Gasteiger partial charge is 0.160 e. The first-order chi connectivity index (χ1) is 25.8. The maximum atomic E-state index is 6.63. The summed E-state index contributed by atoms with van der Waals surface area (Å²) in [5.41, 5.74) is 15.5. The lowest BCUT2D eigenvalue weighted by Crippen LogP contribution is -2.25. The fourth-order valence-corrected chi connectivity index (χ4v) is 9.36. The van der Waals surface area contributed by atoms with Crippen molar-refractivity contribution in [3.05, 3.63) is 192 Å². The Hall–Kier alpha value is -6.84. The van der Waals surface area contributed by atoms with Crippen molar-refractivity contribution in [2.45, 2.75) is 5.41 Å². The van der Waals surface area contributed by atoms with Crippen LogP contribution in [0.2, 0.25) is 0 Å². The molecule has 2 aliphatic rings. The van der Waals surface area contributed by atoms with Crippen LogP contribution >= 0.6 is 0 Å². The highest BCUT2D eigenvalue weighted by atomic mass is 16.3. The largest absolute Gasteiger partial charge is 0.455 e. The molecule has 8 aromatic carbocycles. The van der Waals surface area contributed by atoms with E-state index in [0.29, 0.717) is 5.82 Å². The van der Waals surface area contributed by atoms with E-state index >= 15 is 0 Å². The maximum absolute atomic E-state index is 6.63. The summed E-state index contributed by atoms with van der Waals surface area (Å²) in [6.45, 7) is 0. The second-order valence-corrected chi connectivity index (χ2v) is 14.0. The van der Waals surface area contributed by atoms with Gasteiger partial charge in [-0.25, -0.2) is 9.97 Å². The number of nitrogens with zero attached hydrogens (tertiary/aromatic N) is 2. The standard InChI is InChI=1S/C49H28N2O/c1-2-13-30(14-3-1)45-38-26-27-43-44(37-25-22-29-12-4-5-15-32(29)47(37)52-43)46(38)51-48(50-45)31-23-24-36-35-18-8-11-21-41(35)49(42(36)28-31)39-19-9-6-16-33(39)34-17-7-10-20-40(34)49/h1-28H. The highest BCUT2D eigenvalue weighted by Gasteiger charge is 2.51. The number of hydrogen-bond donors (Lipinski definition) is 0. The Bertz CT molecular complexity index is 3070. The highest BCUT2D eigenvalue weighted by molar-refractivity contribution is 6.23. The van der Waals surface area contributed by atoms with Gasteiger partial charge in [0.25, 0.3) is 0 Å². The van der Waals surface area contributed by atoms with Gasteiger partial charge in [-0.15, -0.1) is 0 Å². The molecule has 2 heterocycles. The quantitative estimate of drug-likeness (QED) is 0.185. The summed E-state index contributed by atoms with van der Waals surface area (Å²) in [5, 5.41) is 5.33. The zero-order valence-electron chi connectivity index (χ0n) is 28.0. The van der Waals surface area contributed by atoms with Crippen molar-refractivity contribution in [2.75, 3.05) is 0 Å². The molecular formula is C49H28N2O. The van der Waals surface area contributed by atoms with Crippen molar-refractivity contribution in [2.24, 2.45) is 0 Å². The summed E-state index contributed by atoms with van der Waals surface area (Å²) >= 11 is 0. The van der Waals surface area contributed by atoms with Crippen molar-refractivity contribution in [3.63, 3.8) is 0 Å². The molecule has 1 spiro atoms. The van der Waals surface area contributed by atoms with Crippen LogP contribution < -0.4 is 0 Å². The average Bonchev–Trinajstić information content (AvgIpc) is 3.85. The summed E-state index contributed by atoms with van der Waals surface area (Å²) in [4.78, 5) is 10.9. The highest BCUT2D eigenvalue weighted by Crippen LogP contribution is 2.63.